The maximum atomic E-state index is 14.5. The van der Waals surface area contributed by atoms with E-state index in [-0.39, 0.29) is 29.8 Å². The lowest BCUT2D eigenvalue weighted by atomic mass is 9.81. The lowest BCUT2D eigenvalue weighted by Crippen LogP contribution is -2.47. The summed E-state index contributed by atoms with van der Waals surface area (Å²) in [6.45, 7) is 7.60. The standard InChI is InChI=1S/C27H22F8N2O.C2H6.CH3Cl/c1-2-11-25(23-8-6-4-3-5-7-12-36-23,18-14-19(26(30,31)32)16-20(28)15-18)37-24(38)17-9-10-22(29)21(13-17)27(33,34)35;2*1-2/h2,4,6,8-10,12-16H,1,3,5,7,11H2,(H,37,38);1-2H3;1H3/b6-4+,23-8-,36-12?;;/t25-;;/m1../s1. The molecule has 0 aromatic heterocycles. The summed E-state index contributed by atoms with van der Waals surface area (Å²) in [4.78, 5) is 17.6. The molecular weight excluding hydrogens is 592 g/mol. The van der Waals surface area contributed by atoms with E-state index >= 15 is 0 Å². The first-order valence-corrected chi connectivity index (χ1v) is 13.5. The third kappa shape index (κ3) is 9.54. The van der Waals surface area contributed by atoms with E-state index in [0.29, 0.717) is 31.4 Å². The molecule has 0 radical (unpaired) electrons. The molecule has 0 aliphatic carbocycles. The highest BCUT2D eigenvalue weighted by Crippen LogP contribution is 2.40. The molecule has 0 unspecified atom stereocenters. The fourth-order valence-corrected chi connectivity index (χ4v) is 3.96. The Labute approximate surface area is 244 Å². The second-order valence-corrected chi connectivity index (χ2v) is 8.49. The van der Waals surface area contributed by atoms with E-state index in [1.165, 1.54) is 24.7 Å². The smallest absolute Gasteiger partial charge is 0.337 e. The van der Waals surface area contributed by atoms with Crippen LogP contribution in [0.1, 0.15) is 66.6 Å². The highest BCUT2D eigenvalue weighted by atomic mass is 35.5. The molecule has 1 aliphatic heterocycles. The molecule has 0 spiro atoms. The van der Waals surface area contributed by atoms with Crippen LogP contribution in [0.5, 0.6) is 0 Å². The first-order valence-electron chi connectivity index (χ1n) is 12.7. The van der Waals surface area contributed by atoms with Crippen molar-refractivity contribution >= 4 is 23.7 Å². The number of aliphatic imine (C=N–C) groups is 1. The molecule has 42 heavy (non-hydrogen) atoms. The molecule has 0 bridgehead atoms. The van der Waals surface area contributed by atoms with Crippen LogP contribution in [-0.2, 0) is 17.9 Å². The molecule has 3 nitrogen and oxygen atoms in total. The third-order valence-corrected chi connectivity index (χ3v) is 5.79. The van der Waals surface area contributed by atoms with Gasteiger partial charge in [0, 0.05) is 18.2 Å². The average Bonchev–Trinajstić information content (AvgIpc) is 3.08. The van der Waals surface area contributed by atoms with Gasteiger partial charge in [-0.05, 0) is 73.7 Å². The van der Waals surface area contributed by atoms with Crippen LogP contribution >= 0.6 is 11.6 Å². The number of alkyl halides is 7. The zero-order valence-electron chi connectivity index (χ0n) is 23.1. The van der Waals surface area contributed by atoms with Gasteiger partial charge < -0.3 is 5.32 Å². The molecule has 0 saturated carbocycles. The highest BCUT2D eigenvalue weighted by Gasteiger charge is 2.41. The van der Waals surface area contributed by atoms with E-state index in [4.69, 9.17) is 0 Å². The maximum Gasteiger partial charge on any atom is 0.419 e. The Kier molecular flexibility index (Phi) is 14.1. The zero-order chi connectivity index (χ0) is 32.1. The van der Waals surface area contributed by atoms with Gasteiger partial charge in [-0.1, -0.05) is 32.1 Å². The van der Waals surface area contributed by atoms with Gasteiger partial charge in [0.2, 0.25) is 0 Å². The monoisotopic (exact) mass is 622 g/mol. The first kappa shape index (κ1) is 36.6. The molecule has 230 valence electrons. The van der Waals surface area contributed by atoms with E-state index < -0.39 is 52.1 Å². The Balaban J connectivity index is 0.00000211. The molecule has 1 amide bonds. The number of amides is 1. The summed E-state index contributed by atoms with van der Waals surface area (Å²) in [5, 5.41) is 2.46. The number of nitrogens with zero attached hydrogens (tertiary/aromatic N) is 1. The van der Waals surface area contributed by atoms with Crippen molar-refractivity contribution in [1.82, 2.24) is 5.32 Å². The minimum Gasteiger partial charge on any atom is -0.337 e. The van der Waals surface area contributed by atoms with Gasteiger partial charge >= 0.3 is 12.4 Å². The minimum absolute atomic E-state index is 0.0132. The topological polar surface area (TPSA) is 41.5 Å². The number of halogens is 9. The molecule has 12 heteroatoms. The van der Waals surface area contributed by atoms with Gasteiger partial charge in [-0.2, -0.15) is 26.3 Å². The van der Waals surface area contributed by atoms with Gasteiger partial charge in [0.05, 0.1) is 16.8 Å². The van der Waals surface area contributed by atoms with Crippen LogP contribution < -0.4 is 5.32 Å². The summed E-state index contributed by atoms with van der Waals surface area (Å²) >= 11 is 4.64. The van der Waals surface area contributed by atoms with E-state index in [0.717, 1.165) is 12.1 Å². The van der Waals surface area contributed by atoms with Crippen LogP contribution in [0.25, 0.3) is 0 Å². The normalized spacial score (nSPS) is 16.8. The number of nitrogens with one attached hydrogen (secondary N) is 1. The average molecular weight is 623 g/mol. The third-order valence-electron chi connectivity index (χ3n) is 5.79. The second-order valence-electron chi connectivity index (χ2n) is 8.49. The number of benzene rings is 2. The van der Waals surface area contributed by atoms with Crippen LogP contribution in [0.3, 0.4) is 0 Å². The van der Waals surface area contributed by atoms with Gasteiger partial charge in [0.15, 0.2) is 0 Å². The molecule has 0 saturated heterocycles. The molecule has 3 rings (SSSR count). The predicted molar refractivity (Wildman–Crippen MR) is 149 cm³/mol. The Morgan fingerprint density at radius 3 is 2.21 bits per heavy atom. The van der Waals surface area contributed by atoms with Crippen molar-refractivity contribution in [2.24, 2.45) is 4.99 Å². The molecule has 1 aliphatic rings. The minimum atomic E-state index is -5.11. The SMILES string of the molecule is C=CC[C@](NC(=O)c1ccc(F)c(C(F)(F)F)c1)(/C1=C/C=C/CCCC=N1)c1cc(F)cc(C(F)(F)F)c1.CC.CCl. The van der Waals surface area contributed by atoms with Gasteiger partial charge in [0.25, 0.3) is 5.91 Å². The van der Waals surface area contributed by atoms with Gasteiger partial charge in [-0.3, -0.25) is 9.79 Å². The number of hydrogen-bond acceptors (Lipinski definition) is 2. The van der Waals surface area contributed by atoms with Gasteiger partial charge in [0.1, 0.15) is 17.2 Å². The van der Waals surface area contributed by atoms with Crippen LogP contribution in [0, 0.1) is 11.6 Å². The summed E-state index contributed by atoms with van der Waals surface area (Å²) < 4.78 is 109. The molecule has 1 N–H and O–H groups in total. The van der Waals surface area contributed by atoms with Crippen molar-refractivity contribution in [2.45, 2.75) is 57.4 Å². The molecule has 1 atom stereocenters. The summed E-state index contributed by atoms with van der Waals surface area (Å²) in [7, 11) is 0. The number of hydrogen-bond donors (Lipinski definition) is 1. The Morgan fingerprint density at radius 1 is 0.976 bits per heavy atom. The first-order chi connectivity index (χ1) is 19.8. The molecule has 2 aromatic rings. The number of carbonyl (C=O) groups is 1. The van der Waals surface area contributed by atoms with Crippen molar-refractivity contribution in [3.05, 3.63) is 107 Å². The van der Waals surface area contributed by atoms with E-state index in [9.17, 15) is 39.9 Å². The largest absolute Gasteiger partial charge is 0.419 e. The van der Waals surface area contributed by atoms with E-state index in [1.54, 1.807) is 12.2 Å². The predicted octanol–water partition coefficient (Wildman–Crippen LogP) is 9.78. The van der Waals surface area contributed by atoms with Crippen LogP contribution in [-0.4, -0.2) is 18.5 Å². The Morgan fingerprint density at radius 2 is 1.62 bits per heavy atom. The lowest BCUT2D eigenvalue weighted by molar-refractivity contribution is -0.140. The van der Waals surface area contributed by atoms with Crippen LogP contribution in [0.4, 0.5) is 35.1 Å². The lowest BCUT2D eigenvalue weighted by Gasteiger charge is -2.36. The van der Waals surface area contributed by atoms with E-state index in [1.807, 2.05) is 13.8 Å². The highest BCUT2D eigenvalue weighted by molar-refractivity contribution is 6.15. The molecule has 2 aromatic carbocycles. The fourth-order valence-electron chi connectivity index (χ4n) is 3.96. The number of rotatable bonds is 6. The summed E-state index contributed by atoms with van der Waals surface area (Å²) in [5.41, 5.74) is -6.04. The van der Waals surface area contributed by atoms with Crippen LogP contribution in [0.2, 0.25) is 0 Å². The second kappa shape index (κ2) is 16.2. The molecular formula is C30H31ClF8N2O. The Bertz CT molecular complexity index is 1300. The van der Waals surface area contributed by atoms with Gasteiger partial charge in [-0.25, -0.2) is 8.78 Å². The van der Waals surface area contributed by atoms with E-state index in [2.05, 4.69) is 28.5 Å². The van der Waals surface area contributed by atoms with Crippen molar-refractivity contribution in [3.8, 4) is 0 Å². The molecule has 1 heterocycles. The molecule has 0 fully saturated rings. The maximum absolute atomic E-state index is 14.5. The van der Waals surface area contributed by atoms with Crippen molar-refractivity contribution < 1.29 is 39.9 Å². The van der Waals surface area contributed by atoms with Crippen molar-refractivity contribution in [3.63, 3.8) is 0 Å². The van der Waals surface area contributed by atoms with Crippen molar-refractivity contribution in [1.29, 1.82) is 0 Å². The summed E-state index contributed by atoms with van der Waals surface area (Å²) in [5.74, 6) is -4.06. The van der Waals surface area contributed by atoms with Crippen molar-refractivity contribution in [2.75, 3.05) is 6.38 Å². The zero-order valence-corrected chi connectivity index (χ0v) is 23.9. The quantitative estimate of drug-likeness (QED) is 0.194. The summed E-state index contributed by atoms with van der Waals surface area (Å²) in [6.07, 6.45) is 0.392. The number of carbonyl (C=O) groups excluding carboxylic acids is 1. The fraction of sp³-hybridized carbons (Fsp3) is 0.333. The summed E-state index contributed by atoms with van der Waals surface area (Å²) in [6, 6.07) is 3.23. The Hall–Kier alpha value is -3.47. The van der Waals surface area contributed by atoms with Crippen LogP contribution in [0.15, 0.2) is 78.0 Å². The number of allylic oxidation sites excluding steroid dienone is 3. The van der Waals surface area contributed by atoms with Gasteiger partial charge in [-0.15, -0.1) is 18.2 Å².